The molecule has 0 spiro atoms. The van der Waals surface area contributed by atoms with Crippen molar-refractivity contribution < 1.29 is 9.84 Å². The minimum atomic E-state index is -0.348. The predicted molar refractivity (Wildman–Crippen MR) is 69.1 cm³/mol. The van der Waals surface area contributed by atoms with Gasteiger partial charge >= 0.3 is 0 Å². The lowest BCUT2D eigenvalue weighted by Crippen LogP contribution is -2.08. The molecule has 2 heteroatoms. The quantitative estimate of drug-likeness (QED) is 0.866. The van der Waals surface area contributed by atoms with Crippen LogP contribution in [0.3, 0.4) is 0 Å². The van der Waals surface area contributed by atoms with Gasteiger partial charge in [0.1, 0.15) is 0 Å². The summed E-state index contributed by atoms with van der Waals surface area (Å²) in [4.78, 5) is 0. The molecule has 0 aromatic heterocycles. The van der Waals surface area contributed by atoms with Crippen LogP contribution in [0, 0.1) is 13.8 Å². The summed E-state index contributed by atoms with van der Waals surface area (Å²) in [7, 11) is 0. The van der Waals surface area contributed by atoms with Gasteiger partial charge in [-0.25, -0.2) is 0 Å². The van der Waals surface area contributed by atoms with E-state index in [-0.39, 0.29) is 6.10 Å². The molecule has 0 bridgehead atoms. The topological polar surface area (TPSA) is 29.5 Å². The Labute approximate surface area is 104 Å². The van der Waals surface area contributed by atoms with Crippen molar-refractivity contribution in [1.82, 2.24) is 0 Å². The molecule has 1 aromatic carbocycles. The molecule has 1 saturated heterocycles. The van der Waals surface area contributed by atoms with E-state index in [1.165, 1.54) is 17.5 Å². The number of hydrogen-bond acceptors (Lipinski definition) is 2. The summed E-state index contributed by atoms with van der Waals surface area (Å²) < 4.78 is 5.58. The standard InChI is InChI=1S/C15H22O2/c1-11-5-6-12(2)14(10-11)15(16)8-7-13-4-3-9-17-13/h5-6,10,13,15-16H,3-4,7-9H2,1-2H3. The highest BCUT2D eigenvalue weighted by molar-refractivity contribution is 5.32. The molecule has 0 amide bonds. The molecule has 0 saturated carbocycles. The van der Waals surface area contributed by atoms with Crippen LogP contribution >= 0.6 is 0 Å². The smallest absolute Gasteiger partial charge is 0.0793 e. The molecule has 1 aliphatic rings. The van der Waals surface area contributed by atoms with Crippen molar-refractivity contribution in [3.8, 4) is 0 Å². The fourth-order valence-electron chi connectivity index (χ4n) is 2.49. The Morgan fingerprint density at radius 2 is 2.24 bits per heavy atom. The zero-order valence-electron chi connectivity index (χ0n) is 10.8. The van der Waals surface area contributed by atoms with Gasteiger partial charge < -0.3 is 9.84 Å². The van der Waals surface area contributed by atoms with Crippen LogP contribution < -0.4 is 0 Å². The SMILES string of the molecule is Cc1ccc(C)c(C(O)CCC2CCCO2)c1. The van der Waals surface area contributed by atoms with Crippen LogP contribution in [0.5, 0.6) is 0 Å². The van der Waals surface area contributed by atoms with Crippen LogP contribution in [0.4, 0.5) is 0 Å². The monoisotopic (exact) mass is 234 g/mol. The highest BCUT2D eigenvalue weighted by Gasteiger charge is 2.18. The molecule has 1 N–H and O–H groups in total. The summed E-state index contributed by atoms with van der Waals surface area (Å²) in [6, 6.07) is 6.26. The number of aryl methyl sites for hydroxylation is 2. The molecule has 1 aliphatic heterocycles. The normalized spacial score (nSPS) is 21.7. The van der Waals surface area contributed by atoms with Gasteiger partial charge in [0.05, 0.1) is 12.2 Å². The second kappa shape index (κ2) is 5.65. The molecule has 17 heavy (non-hydrogen) atoms. The molecule has 2 atom stereocenters. The summed E-state index contributed by atoms with van der Waals surface area (Å²) >= 11 is 0. The number of ether oxygens (including phenoxy) is 1. The first kappa shape index (κ1) is 12.6. The summed E-state index contributed by atoms with van der Waals surface area (Å²) in [5.74, 6) is 0. The second-order valence-corrected chi connectivity index (χ2v) is 5.09. The van der Waals surface area contributed by atoms with Crippen LogP contribution in [0.1, 0.15) is 48.5 Å². The Morgan fingerprint density at radius 1 is 1.41 bits per heavy atom. The Balaban J connectivity index is 1.93. The van der Waals surface area contributed by atoms with Gasteiger partial charge in [-0.1, -0.05) is 23.8 Å². The Bertz CT molecular complexity index is 367. The maximum Gasteiger partial charge on any atom is 0.0793 e. The van der Waals surface area contributed by atoms with E-state index in [1.54, 1.807) is 0 Å². The highest BCUT2D eigenvalue weighted by atomic mass is 16.5. The maximum atomic E-state index is 10.2. The Hall–Kier alpha value is -0.860. The molecule has 2 unspecified atom stereocenters. The predicted octanol–water partition coefficient (Wildman–Crippen LogP) is 3.30. The van der Waals surface area contributed by atoms with E-state index >= 15 is 0 Å². The van der Waals surface area contributed by atoms with Gasteiger partial charge in [0, 0.05) is 6.61 Å². The third kappa shape index (κ3) is 3.30. The molecule has 1 aromatic rings. The summed E-state index contributed by atoms with van der Waals surface area (Å²) in [6.45, 7) is 5.02. The summed E-state index contributed by atoms with van der Waals surface area (Å²) in [5, 5.41) is 10.2. The van der Waals surface area contributed by atoms with Gasteiger partial charge in [0.25, 0.3) is 0 Å². The van der Waals surface area contributed by atoms with E-state index in [2.05, 4.69) is 32.0 Å². The molecule has 1 fully saturated rings. The molecule has 2 nitrogen and oxygen atoms in total. The highest BCUT2D eigenvalue weighted by Crippen LogP contribution is 2.26. The molecule has 1 heterocycles. The zero-order chi connectivity index (χ0) is 12.3. The van der Waals surface area contributed by atoms with Crippen molar-refractivity contribution in [2.75, 3.05) is 6.61 Å². The number of aliphatic hydroxyl groups excluding tert-OH is 1. The van der Waals surface area contributed by atoms with Crippen molar-refractivity contribution in [2.24, 2.45) is 0 Å². The van der Waals surface area contributed by atoms with Gasteiger partial charge in [-0.05, 0) is 50.7 Å². The number of aliphatic hydroxyl groups is 1. The molecule has 94 valence electrons. The average Bonchev–Trinajstić information content (AvgIpc) is 2.82. The fourth-order valence-corrected chi connectivity index (χ4v) is 2.49. The van der Waals surface area contributed by atoms with Crippen LogP contribution in [-0.2, 0) is 4.74 Å². The summed E-state index contributed by atoms with van der Waals surface area (Å²) in [6.07, 6.45) is 4.11. The minimum absolute atomic E-state index is 0.348. The molecular formula is C15H22O2. The van der Waals surface area contributed by atoms with Gasteiger partial charge in [-0.3, -0.25) is 0 Å². The third-order valence-corrected chi connectivity index (χ3v) is 3.58. The Morgan fingerprint density at radius 3 is 2.94 bits per heavy atom. The number of rotatable bonds is 4. The van der Waals surface area contributed by atoms with Crippen LogP contribution in [0.2, 0.25) is 0 Å². The molecule has 0 aliphatic carbocycles. The molecular weight excluding hydrogens is 212 g/mol. The van der Waals surface area contributed by atoms with E-state index in [9.17, 15) is 5.11 Å². The zero-order valence-corrected chi connectivity index (χ0v) is 10.8. The van der Waals surface area contributed by atoms with Crippen molar-refractivity contribution >= 4 is 0 Å². The van der Waals surface area contributed by atoms with Gasteiger partial charge in [-0.15, -0.1) is 0 Å². The van der Waals surface area contributed by atoms with E-state index in [0.717, 1.165) is 31.4 Å². The van der Waals surface area contributed by atoms with E-state index < -0.39 is 0 Å². The molecule has 0 radical (unpaired) electrons. The van der Waals surface area contributed by atoms with Crippen molar-refractivity contribution in [3.63, 3.8) is 0 Å². The first-order valence-electron chi connectivity index (χ1n) is 6.53. The van der Waals surface area contributed by atoms with Crippen LogP contribution in [-0.4, -0.2) is 17.8 Å². The maximum absolute atomic E-state index is 10.2. The van der Waals surface area contributed by atoms with Crippen molar-refractivity contribution in [1.29, 1.82) is 0 Å². The third-order valence-electron chi connectivity index (χ3n) is 3.58. The first-order chi connectivity index (χ1) is 8.16. The van der Waals surface area contributed by atoms with Crippen LogP contribution in [0.25, 0.3) is 0 Å². The Kier molecular flexibility index (Phi) is 4.19. The van der Waals surface area contributed by atoms with Gasteiger partial charge in [0.15, 0.2) is 0 Å². The largest absolute Gasteiger partial charge is 0.388 e. The lowest BCUT2D eigenvalue weighted by molar-refractivity contribution is 0.0811. The van der Waals surface area contributed by atoms with Gasteiger partial charge in [0.2, 0.25) is 0 Å². The van der Waals surface area contributed by atoms with E-state index in [4.69, 9.17) is 4.74 Å². The van der Waals surface area contributed by atoms with Gasteiger partial charge in [-0.2, -0.15) is 0 Å². The van der Waals surface area contributed by atoms with E-state index in [0.29, 0.717) is 6.10 Å². The average molecular weight is 234 g/mol. The lowest BCUT2D eigenvalue weighted by Gasteiger charge is -2.16. The van der Waals surface area contributed by atoms with Crippen molar-refractivity contribution in [3.05, 3.63) is 34.9 Å². The van der Waals surface area contributed by atoms with Crippen LogP contribution in [0.15, 0.2) is 18.2 Å². The lowest BCUT2D eigenvalue weighted by atomic mass is 9.96. The number of benzene rings is 1. The second-order valence-electron chi connectivity index (χ2n) is 5.09. The number of hydrogen-bond donors (Lipinski definition) is 1. The van der Waals surface area contributed by atoms with Crippen molar-refractivity contribution in [2.45, 2.75) is 51.7 Å². The fraction of sp³-hybridized carbons (Fsp3) is 0.600. The van der Waals surface area contributed by atoms with E-state index in [1.807, 2.05) is 0 Å². The summed E-state index contributed by atoms with van der Waals surface area (Å²) in [5.41, 5.74) is 3.46. The molecule has 2 rings (SSSR count). The first-order valence-corrected chi connectivity index (χ1v) is 6.53. The minimum Gasteiger partial charge on any atom is -0.388 e.